The molecule has 1 aliphatic rings. The zero-order chi connectivity index (χ0) is 17.0. The molecular formula is C17H20Cl2N2O2. The van der Waals surface area contributed by atoms with E-state index in [1.165, 1.54) is 6.08 Å². The summed E-state index contributed by atoms with van der Waals surface area (Å²) in [7, 11) is 0. The first-order chi connectivity index (χ1) is 10.9. The number of nitrogens with zero attached hydrogens (tertiary/aromatic N) is 1. The van der Waals surface area contributed by atoms with Gasteiger partial charge in [-0.3, -0.25) is 9.59 Å². The number of hydrogen-bond donors (Lipinski definition) is 1. The molecule has 0 saturated carbocycles. The van der Waals surface area contributed by atoms with Gasteiger partial charge >= 0.3 is 0 Å². The number of amides is 2. The van der Waals surface area contributed by atoms with Crippen LogP contribution in [0.2, 0.25) is 10.0 Å². The first kappa shape index (κ1) is 17.8. The lowest BCUT2D eigenvalue weighted by Gasteiger charge is -2.31. The van der Waals surface area contributed by atoms with Crippen LogP contribution < -0.4 is 5.32 Å². The average molecular weight is 355 g/mol. The summed E-state index contributed by atoms with van der Waals surface area (Å²) in [5, 5.41) is 3.97. The van der Waals surface area contributed by atoms with Crippen molar-refractivity contribution in [2.24, 2.45) is 5.92 Å². The van der Waals surface area contributed by atoms with E-state index >= 15 is 0 Å². The highest BCUT2D eigenvalue weighted by molar-refractivity contribution is 6.42. The Morgan fingerprint density at radius 2 is 1.96 bits per heavy atom. The molecule has 1 atom stereocenters. The molecule has 0 aromatic heterocycles. The van der Waals surface area contributed by atoms with Crippen molar-refractivity contribution in [3.63, 3.8) is 0 Å². The van der Waals surface area contributed by atoms with Gasteiger partial charge in [0, 0.05) is 19.0 Å². The summed E-state index contributed by atoms with van der Waals surface area (Å²) in [6.07, 6.45) is 2.64. The molecule has 1 saturated heterocycles. The Bertz CT molecular complexity index is 611. The Morgan fingerprint density at radius 3 is 2.52 bits per heavy atom. The lowest BCUT2D eigenvalue weighted by atomic mass is 9.95. The molecule has 1 aliphatic heterocycles. The first-order valence-electron chi connectivity index (χ1n) is 7.59. The van der Waals surface area contributed by atoms with E-state index < -0.39 is 0 Å². The lowest BCUT2D eigenvalue weighted by molar-refractivity contribution is -0.132. The van der Waals surface area contributed by atoms with Crippen molar-refractivity contribution in [1.29, 1.82) is 0 Å². The van der Waals surface area contributed by atoms with Gasteiger partial charge in [0.15, 0.2) is 0 Å². The fourth-order valence-electron chi connectivity index (χ4n) is 2.69. The van der Waals surface area contributed by atoms with Gasteiger partial charge in [0.2, 0.25) is 11.8 Å². The van der Waals surface area contributed by atoms with Crippen LogP contribution in [0.3, 0.4) is 0 Å². The molecule has 0 aliphatic carbocycles. The second-order valence-electron chi connectivity index (χ2n) is 5.71. The number of carbonyl (C=O) groups excluding carboxylic acids is 2. The quantitative estimate of drug-likeness (QED) is 0.839. The smallest absolute Gasteiger partial charge is 0.245 e. The topological polar surface area (TPSA) is 49.4 Å². The Hall–Kier alpha value is -1.52. The predicted molar refractivity (Wildman–Crippen MR) is 92.5 cm³/mol. The van der Waals surface area contributed by atoms with Gasteiger partial charge in [-0.15, -0.1) is 0 Å². The van der Waals surface area contributed by atoms with Crippen LogP contribution in [0.1, 0.15) is 31.4 Å². The minimum Gasteiger partial charge on any atom is -0.349 e. The molecule has 23 heavy (non-hydrogen) atoms. The van der Waals surface area contributed by atoms with Crippen LogP contribution in [-0.2, 0) is 9.59 Å². The molecule has 2 rings (SSSR count). The maximum atomic E-state index is 12.4. The third kappa shape index (κ3) is 4.49. The second kappa shape index (κ2) is 7.84. The van der Waals surface area contributed by atoms with Gasteiger partial charge in [0.05, 0.1) is 16.1 Å². The summed E-state index contributed by atoms with van der Waals surface area (Å²) >= 11 is 11.9. The van der Waals surface area contributed by atoms with Gasteiger partial charge in [-0.05, 0) is 43.5 Å². The number of benzene rings is 1. The summed E-state index contributed by atoms with van der Waals surface area (Å²) < 4.78 is 0. The standard InChI is InChI=1S/C17H20Cl2N2O2/c1-3-16(22)21-8-6-12(7-9-21)17(23)20-11(2)13-4-5-14(18)15(19)10-13/h3-5,10-12H,1,6-9H2,2H3,(H,20,23)/t11-/m1/s1. The van der Waals surface area contributed by atoms with Crippen molar-refractivity contribution < 1.29 is 9.59 Å². The van der Waals surface area contributed by atoms with Gasteiger partial charge < -0.3 is 10.2 Å². The third-order valence-electron chi connectivity index (χ3n) is 4.15. The predicted octanol–water partition coefficient (Wildman–Crippen LogP) is 3.60. The van der Waals surface area contributed by atoms with E-state index in [2.05, 4.69) is 11.9 Å². The van der Waals surface area contributed by atoms with Crippen molar-refractivity contribution in [2.45, 2.75) is 25.8 Å². The van der Waals surface area contributed by atoms with Gasteiger partial charge in [0.25, 0.3) is 0 Å². The molecule has 1 fully saturated rings. The summed E-state index contributed by atoms with van der Waals surface area (Å²) in [6, 6.07) is 5.19. The van der Waals surface area contributed by atoms with Crippen LogP contribution >= 0.6 is 23.2 Å². The minimum atomic E-state index is -0.148. The lowest BCUT2D eigenvalue weighted by Crippen LogP contribution is -2.42. The molecule has 0 radical (unpaired) electrons. The molecule has 6 heteroatoms. The number of hydrogen-bond acceptors (Lipinski definition) is 2. The maximum absolute atomic E-state index is 12.4. The number of nitrogens with one attached hydrogen (secondary N) is 1. The highest BCUT2D eigenvalue weighted by atomic mass is 35.5. The number of carbonyl (C=O) groups is 2. The maximum Gasteiger partial charge on any atom is 0.245 e. The molecule has 1 aromatic rings. The highest BCUT2D eigenvalue weighted by Gasteiger charge is 2.27. The number of halogens is 2. The molecular weight excluding hydrogens is 335 g/mol. The van der Waals surface area contributed by atoms with Gasteiger partial charge in [-0.2, -0.15) is 0 Å². The molecule has 2 amide bonds. The van der Waals surface area contributed by atoms with Crippen LogP contribution in [-0.4, -0.2) is 29.8 Å². The van der Waals surface area contributed by atoms with Crippen LogP contribution in [0.15, 0.2) is 30.9 Å². The van der Waals surface area contributed by atoms with Gasteiger partial charge in [0.1, 0.15) is 0 Å². The molecule has 4 nitrogen and oxygen atoms in total. The van der Waals surface area contributed by atoms with Crippen LogP contribution in [0.25, 0.3) is 0 Å². The van der Waals surface area contributed by atoms with Gasteiger partial charge in [-0.25, -0.2) is 0 Å². The summed E-state index contributed by atoms with van der Waals surface area (Å²) in [5.41, 5.74) is 0.909. The molecule has 0 bridgehead atoms. The Kier molecular flexibility index (Phi) is 6.08. The fraction of sp³-hybridized carbons (Fsp3) is 0.412. The Balaban J connectivity index is 1.90. The molecule has 0 spiro atoms. The summed E-state index contributed by atoms with van der Waals surface area (Å²) in [6.45, 7) is 6.57. The SMILES string of the molecule is C=CC(=O)N1CCC(C(=O)N[C@H](C)c2ccc(Cl)c(Cl)c2)CC1. The molecule has 0 unspecified atom stereocenters. The van der Waals surface area contributed by atoms with E-state index in [-0.39, 0.29) is 23.8 Å². The van der Waals surface area contributed by atoms with E-state index in [4.69, 9.17) is 23.2 Å². The van der Waals surface area contributed by atoms with Crippen molar-refractivity contribution in [3.8, 4) is 0 Å². The van der Waals surface area contributed by atoms with Crippen LogP contribution in [0.4, 0.5) is 0 Å². The summed E-state index contributed by atoms with van der Waals surface area (Å²) in [5.74, 6) is -0.142. The van der Waals surface area contributed by atoms with Crippen molar-refractivity contribution in [2.75, 3.05) is 13.1 Å². The van der Waals surface area contributed by atoms with Crippen molar-refractivity contribution in [3.05, 3.63) is 46.5 Å². The normalized spacial score (nSPS) is 16.7. The van der Waals surface area contributed by atoms with E-state index in [0.717, 1.165) is 5.56 Å². The summed E-state index contributed by atoms with van der Waals surface area (Å²) in [4.78, 5) is 25.7. The third-order valence-corrected chi connectivity index (χ3v) is 4.89. The van der Waals surface area contributed by atoms with E-state index in [9.17, 15) is 9.59 Å². The zero-order valence-electron chi connectivity index (χ0n) is 13.0. The fourth-order valence-corrected chi connectivity index (χ4v) is 2.99. The number of piperidine rings is 1. The number of rotatable bonds is 4. The van der Waals surface area contributed by atoms with Crippen LogP contribution in [0, 0.1) is 5.92 Å². The Morgan fingerprint density at radius 1 is 1.30 bits per heavy atom. The zero-order valence-corrected chi connectivity index (χ0v) is 14.5. The molecule has 1 heterocycles. The van der Waals surface area contributed by atoms with E-state index in [1.807, 2.05) is 13.0 Å². The molecule has 124 valence electrons. The van der Waals surface area contributed by atoms with Crippen LogP contribution in [0.5, 0.6) is 0 Å². The molecule has 1 aromatic carbocycles. The van der Waals surface area contributed by atoms with Crippen molar-refractivity contribution in [1.82, 2.24) is 10.2 Å². The number of likely N-dealkylation sites (tertiary alicyclic amines) is 1. The van der Waals surface area contributed by atoms with E-state index in [0.29, 0.717) is 36.0 Å². The van der Waals surface area contributed by atoms with Gasteiger partial charge in [-0.1, -0.05) is 35.8 Å². The minimum absolute atomic E-state index is 0.00859. The largest absolute Gasteiger partial charge is 0.349 e. The second-order valence-corrected chi connectivity index (χ2v) is 6.52. The monoisotopic (exact) mass is 354 g/mol. The Labute approximate surface area is 146 Å². The first-order valence-corrected chi connectivity index (χ1v) is 8.34. The molecule has 1 N–H and O–H groups in total. The highest BCUT2D eigenvalue weighted by Crippen LogP contribution is 2.26. The van der Waals surface area contributed by atoms with E-state index in [1.54, 1.807) is 17.0 Å². The van der Waals surface area contributed by atoms with Crippen molar-refractivity contribution >= 4 is 35.0 Å². The average Bonchev–Trinajstić information content (AvgIpc) is 2.56.